The van der Waals surface area contributed by atoms with Crippen LogP contribution in [0.25, 0.3) is 0 Å². The summed E-state index contributed by atoms with van der Waals surface area (Å²) in [5, 5.41) is 5.65. The number of alkyl halides is 3. The first kappa shape index (κ1) is 15.9. The molecular formula is C13H12F4N4O. The van der Waals surface area contributed by atoms with Crippen molar-refractivity contribution < 1.29 is 22.4 Å². The number of nitrogens with one attached hydrogen (secondary N) is 1. The molecule has 0 fully saturated rings. The van der Waals surface area contributed by atoms with Crippen LogP contribution in [0.4, 0.5) is 17.6 Å². The highest BCUT2D eigenvalue weighted by Gasteiger charge is 2.41. The molecule has 1 amide bonds. The number of carbonyl (C=O) groups excluding carboxylic acids is 1. The van der Waals surface area contributed by atoms with Gasteiger partial charge in [0.15, 0.2) is 6.04 Å². The van der Waals surface area contributed by atoms with Crippen LogP contribution >= 0.6 is 0 Å². The number of nitrogens with zero attached hydrogens (tertiary/aromatic N) is 3. The normalized spacial score (nSPS) is 12.9. The average molecular weight is 316 g/mol. The van der Waals surface area contributed by atoms with E-state index in [0.717, 1.165) is 24.3 Å². The lowest BCUT2D eigenvalue weighted by atomic mass is 10.1. The van der Waals surface area contributed by atoms with Crippen molar-refractivity contribution in [3.8, 4) is 0 Å². The third-order valence-electron chi connectivity index (χ3n) is 2.87. The molecule has 0 saturated carbocycles. The van der Waals surface area contributed by atoms with Crippen LogP contribution in [0.2, 0.25) is 0 Å². The zero-order valence-electron chi connectivity index (χ0n) is 11.2. The molecule has 1 aromatic carbocycles. The van der Waals surface area contributed by atoms with Gasteiger partial charge < -0.3 is 5.32 Å². The number of aryl methyl sites for hydroxylation is 1. The van der Waals surface area contributed by atoms with Crippen LogP contribution in [0.1, 0.15) is 18.0 Å². The fraction of sp³-hybridized carbons (Fsp3) is 0.308. The summed E-state index contributed by atoms with van der Waals surface area (Å²) in [6.45, 7) is 0.111. The van der Waals surface area contributed by atoms with Gasteiger partial charge in [0, 0.05) is 6.42 Å². The average Bonchev–Trinajstić information content (AvgIpc) is 2.96. The predicted octanol–water partition coefficient (Wildman–Crippen LogP) is 2.23. The second-order valence-corrected chi connectivity index (χ2v) is 4.50. The first-order chi connectivity index (χ1) is 10.4. The first-order valence-electron chi connectivity index (χ1n) is 6.30. The Hall–Kier alpha value is -2.45. The molecule has 2 rings (SSSR count). The molecule has 22 heavy (non-hydrogen) atoms. The van der Waals surface area contributed by atoms with Crippen LogP contribution in [0, 0.1) is 5.82 Å². The van der Waals surface area contributed by atoms with E-state index < -0.39 is 23.9 Å². The molecule has 118 valence electrons. The van der Waals surface area contributed by atoms with E-state index in [2.05, 4.69) is 10.1 Å². The Balaban J connectivity index is 2.03. The first-order valence-corrected chi connectivity index (χ1v) is 6.30. The Morgan fingerprint density at radius 3 is 2.50 bits per heavy atom. The minimum atomic E-state index is -4.68. The number of amides is 1. The van der Waals surface area contributed by atoms with Crippen molar-refractivity contribution in [1.29, 1.82) is 0 Å². The zero-order chi connectivity index (χ0) is 16.2. The van der Waals surface area contributed by atoms with Crippen molar-refractivity contribution in [3.63, 3.8) is 0 Å². The summed E-state index contributed by atoms with van der Waals surface area (Å²) in [7, 11) is 0. The lowest BCUT2D eigenvalue weighted by Crippen LogP contribution is -2.38. The molecule has 0 spiro atoms. The highest BCUT2D eigenvalue weighted by atomic mass is 19.4. The highest BCUT2D eigenvalue weighted by Crippen LogP contribution is 2.32. The molecule has 0 radical (unpaired) electrons. The van der Waals surface area contributed by atoms with Gasteiger partial charge in [-0.05, 0) is 17.7 Å². The van der Waals surface area contributed by atoms with Crippen LogP contribution in [-0.4, -0.2) is 26.8 Å². The Morgan fingerprint density at radius 2 is 1.95 bits per heavy atom. The maximum absolute atomic E-state index is 13.0. The standard InChI is InChI=1S/C13H12F4N4O/c14-10-3-1-9(2-4-10)12(13(15,16)17)20-11(22)5-6-21-8-18-7-19-21/h1-4,7-8,12H,5-6H2,(H,20,22). The van der Waals surface area contributed by atoms with Gasteiger partial charge in [0.1, 0.15) is 18.5 Å². The molecule has 0 bridgehead atoms. The van der Waals surface area contributed by atoms with Crippen LogP contribution in [0.3, 0.4) is 0 Å². The Labute approximate surface area is 123 Å². The Kier molecular flexibility index (Phi) is 4.74. The molecule has 9 heteroatoms. The van der Waals surface area contributed by atoms with Crippen molar-refractivity contribution in [3.05, 3.63) is 48.3 Å². The SMILES string of the molecule is O=C(CCn1cncn1)NC(c1ccc(F)cc1)C(F)(F)F. The molecule has 0 saturated heterocycles. The molecule has 1 atom stereocenters. The predicted molar refractivity (Wildman–Crippen MR) is 68.0 cm³/mol. The lowest BCUT2D eigenvalue weighted by molar-refractivity contribution is -0.163. The third kappa shape index (κ3) is 4.27. The van der Waals surface area contributed by atoms with Gasteiger partial charge in [-0.25, -0.2) is 9.37 Å². The monoisotopic (exact) mass is 316 g/mol. The molecule has 1 N–H and O–H groups in total. The molecule has 0 aliphatic rings. The molecular weight excluding hydrogens is 304 g/mol. The van der Waals surface area contributed by atoms with Crippen LogP contribution in [0.5, 0.6) is 0 Å². The van der Waals surface area contributed by atoms with Crippen LogP contribution in [-0.2, 0) is 11.3 Å². The largest absolute Gasteiger partial charge is 0.412 e. The number of hydrogen-bond acceptors (Lipinski definition) is 3. The van der Waals surface area contributed by atoms with Gasteiger partial charge >= 0.3 is 6.18 Å². The topological polar surface area (TPSA) is 59.8 Å². The van der Waals surface area contributed by atoms with Crippen LogP contribution in [0.15, 0.2) is 36.9 Å². The molecule has 1 aromatic heterocycles. The van der Waals surface area contributed by atoms with Gasteiger partial charge in [-0.15, -0.1) is 0 Å². The fourth-order valence-corrected chi connectivity index (χ4v) is 1.81. The number of hydrogen-bond donors (Lipinski definition) is 1. The number of aromatic nitrogens is 3. The van der Waals surface area contributed by atoms with Gasteiger partial charge in [-0.1, -0.05) is 12.1 Å². The number of carbonyl (C=O) groups is 1. The Bertz CT molecular complexity index is 610. The fourth-order valence-electron chi connectivity index (χ4n) is 1.81. The third-order valence-corrected chi connectivity index (χ3v) is 2.87. The summed E-state index contributed by atoms with van der Waals surface area (Å²) >= 11 is 0. The molecule has 1 heterocycles. The minimum absolute atomic E-state index is 0.111. The van der Waals surface area contributed by atoms with Crippen molar-refractivity contribution in [1.82, 2.24) is 20.1 Å². The number of halogens is 4. The molecule has 0 aliphatic heterocycles. The van der Waals surface area contributed by atoms with E-state index in [0.29, 0.717) is 0 Å². The highest BCUT2D eigenvalue weighted by molar-refractivity contribution is 5.76. The second-order valence-electron chi connectivity index (χ2n) is 4.50. The summed E-state index contributed by atoms with van der Waals surface area (Å²) in [5.74, 6) is -1.44. The van der Waals surface area contributed by atoms with E-state index >= 15 is 0 Å². The number of benzene rings is 1. The van der Waals surface area contributed by atoms with Crippen LogP contribution < -0.4 is 5.32 Å². The maximum Gasteiger partial charge on any atom is 0.412 e. The summed E-state index contributed by atoms with van der Waals surface area (Å²) in [6, 6.07) is 1.62. The minimum Gasteiger partial charge on any atom is -0.341 e. The van der Waals surface area contributed by atoms with E-state index in [1.807, 2.05) is 5.32 Å². The summed E-state index contributed by atoms with van der Waals surface area (Å²) < 4.78 is 53.3. The van der Waals surface area contributed by atoms with Gasteiger partial charge in [-0.2, -0.15) is 18.3 Å². The smallest absolute Gasteiger partial charge is 0.341 e. The van der Waals surface area contributed by atoms with Crippen molar-refractivity contribution >= 4 is 5.91 Å². The molecule has 2 aromatic rings. The van der Waals surface area contributed by atoms with Gasteiger partial charge in [0.05, 0.1) is 6.54 Å². The van der Waals surface area contributed by atoms with Gasteiger partial charge in [0.25, 0.3) is 0 Å². The lowest BCUT2D eigenvalue weighted by Gasteiger charge is -2.22. The quantitative estimate of drug-likeness (QED) is 0.861. The van der Waals surface area contributed by atoms with E-state index in [9.17, 15) is 22.4 Å². The van der Waals surface area contributed by atoms with Gasteiger partial charge in [0.2, 0.25) is 5.91 Å². The van der Waals surface area contributed by atoms with E-state index in [1.54, 1.807) is 0 Å². The second kappa shape index (κ2) is 6.54. The van der Waals surface area contributed by atoms with Crippen molar-refractivity contribution in [2.75, 3.05) is 0 Å². The molecule has 1 unspecified atom stereocenters. The molecule has 0 aliphatic carbocycles. The summed E-state index contributed by atoms with van der Waals surface area (Å²) in [4.78, 5) is 15.3. The van der Waals surface area contributed by atoms with Crippen molar-refractivity contribution in [2.24, 2.45) is 0 Å². The Morgan fingerprint density at radius 1 is 1.27 bits per heavy atom. The summed E-state index contributed by atoms with van der Waals surface area (Å²) in [5.41, 5.74) is -0.233. The van der Waals surface area contributed by atoms with E-state index in [-0.39, 0.29) is 18.5 Å². The van der Waals surface area contributed by atoms with Gasteiger partial charge in [-0.3, -0.25) is 9.48 Å². The molecule has 5 nitrogen and oxygen atoms in total. The van der Waals surface area contributed by atoms with E-state index in [1.165, 1.54) is 17.3 Å². The van der Waals surface area contributed by atoms with E-state index in [4.69, 9.17) is 0 Å². The zero-order valence-corrected chi connectivity index (χ0v) is 11.2. The maximum atomic E-state index is 13.0. The summed E-state index contributed by atoms with van der Waals surface area (Å²) in [6.07, 6.45) is -2.25. The van der Waals surface area contributed by atoms with Crippen molar-refractivity contribution in [2.45, 2.75) is 25.2 Å². The number of rotatable bonds is 5.